The van der Waals surface area contributed by atoms with E-state index in [0.29, 0.717) is 5.92 Å². The van der Waals surface area contributed by atoms with Gasteiger partial charge in [-0.25, -0.2) is 4.98 Å². The zero-order chi connectivity index (χ0) is 20.5. The van der Waals surface area contributed by atoms with Crippen molar-refractivity contribution in [3.8, 4) is 6.07 Å². The monoisotopic (exact) mass is 395 g/mol. The Kier molecular flexibility index (Phi) is 7.71. The quantitative estimate of drug-likeness (QED) is 0.621. The Morgan fingerprint density at radius 3 is 2.79 bits per heavy atom. The summed E-state index contributed by atoms with van der Waals surface area (Å²) in [5, 5.41) is 8.54. The molecule has 4 nitrogen and oxygen atoms in total. The number of ether oxygens (including phenoxy) is 1. The fraction of sp³-hybridized carbons (Fsp3) is 0.542. The Morgan fingerprint density at radius 2 is 2.10 bits per heavy atom. The standard InChI is InChI=1S/C14H19NO.C10H11FN2/c1-4-9-15-13(5-1)12-6-10-16-14(11-12)7-2-3-8-14;1-2-3-4-8-5-9(6-12)10(11)13-7-8/h1,4-5,9,12H,2-3,6-8,10-11H2;5,7H,2-4H2,1H3/t12-;/m1./s1. The largest absolute Gasteiger partial charge is 0.375 e. The van der Waals surface area contributed by atoms with E-state index in [-0.39, 0.29) is 11.2 Å². The third-order valence-electron chi connectivity index (χ3n) is 5.95. The summed E-state index contributed by atoms with van der Waals surface area (Å²) < 4.78 is 18.8. The minimum atomic E-state index is -0.678. The van der Waals surface area contributed by atoms with Crippen LogP contribution in [0.25, 0.3) is 0 Å². The molecule has 0 aromatic carbocycles. The number of pyridine rings is 2. The lowest BCUT2D eigenvalue weighted by Crippen LogP contribution is -2.36. The van der Waals surface area contributed by atoms with E-state index in [9.17, 15) is 4.39 Å². The van der Waals surface area contributed by atoms with Crippen molar-refractivity contribution in [1.82, 2.24) is 9.97 Å². The maximum absolute atomic E-state index is 12.8. The van der Waals surface area contributed by atoms with Gasteiger partial charge in [-0.1, -0.05) is 32.3 Å². The van der Waals surface area contributed by atoms with Crippen LogP contribution in [0.3, 0.4) is 0 Å². The van der Waals surface area contributed by atoms with Crippen molar-refractivity contribution in [2.45, 2.75) is 76.2 Å². The first-order chi connectivity index (χ1) is 14.2. The van der Waals surface area contributed by atoms with Crippen LogP contribution in [0.2, 0.25) is 0 Å². The van der Waals surface area contributed by atoms with Gasteiger partial charge in [-0.05, 0) is 62.3 Å². The SMILES string of the molecule is CCCCc1cnc(F)c(C#N)c1.c1ccc([C@@H]2CCOC3(CCCC3)C2)nc1. The second kappa shape index (κ2) is 10.5. The average molecular weight is 396 g/mol. The lowest BCUT2D eigenvalue weighted by molar-refractivity contribution is -0.0809. The van der Waals surface area contributed by atoms with Crippen LogP contribution >= 0.6 is 0 Å². The van der Waals surface area contributed by atoms with Crippen molar-refractivity contribution in [3.63, 3.8) is 0 Å². The van der Waals surface area contributed by atoms with E-state index in [1.807, 2.05) is 12.3 Å². The number of aromatic nitrogens is 2. The third kappa shape index (κ3) is 5.83. The van der Waals surface area contributed by atoms with Gasteiger partial charge in [-0.15, -0.1) is 0 Å². The molecule has 0 bridgehead atoms. The van der Waals surface area contributed by atoms with Gasteiger partial charge >= 0.3 is 0 Å². The van der Waals surface area contributed by atoms with Crippen LogP contribution < -0.4 is 0 Å². The zero-order valence-electron chi connectivity index (χ0n) is 17.2. The molecule has 0 radical (unpaired) electrons. The molecular formula is C24H30FN3O. The summed E-state index contributed by atoms with van der Waals surface area (Å²) in [7, 11) is 0. The Hall–Kier alpha value is -2.32. The Balaban J connectivity index is 0.000000170. The first kappa shape index (κ1) is 21.4. The van der Waals surface area contributed by atoms with Crippen LogP contribution in [0.4, 0.5) is 4.39 Å². The zero-order valence-corrected chi connectivity index (χ0v) is 17.2. The number of aryl methyl sites for hydroxylation is 1. The predicted molar refractivity (Wildman–Crippen MR) is 111 cm³/mol. The smallest absolute Gasteiger partial charge is 0.230 e. The molecule has 5 heteroatoms. The molecule has 3 heterocycles. The fourth-order valence-electron chi connectivity index (χ4n) is 4.35. The Bertz CT molecular complexity index is 813. The molecule has 2 aromatic heterocycles. The maximum Gasteiger partial charge on any atom is 0.230 e. The molecular weight excluding hydrogens is 365 g/mol. The second-order valence-corrected chi connectivity index (χ2v) is 8.08. The van der Waals surface area contributed by atoms with Gasteiger partial charge in [0.25, 0.3) is 0 Å². The average Bonchev–Trinajstić information content (AvgIpc) is 3.21. The van der Waals surface area contributed by atoms with E-state index in [0.717, 1.165) is 37.9 Å². The Labute approximate surface area is 173 Å². The molecule has 0 amide bonds. The number of nitriles is 1. The summed E-state index contributed by atoms with van der Waals surface area (Å²) in [6.45, 7) is 3.00. The number of hydrogen-bond donors (Lipinski definition) is 0. The van der Waals surface area contributed by atoms with E-state index in [1.54, 1.807) is 12.1 Å². The van der Waals surface area contributed by atoms with Crippen LogP contribution in [-0.2, 0) is 11.2 Å². The van der Waals surface area contributed by atoms with Crippen molar-refractivity contribution in [2.75, 3.05) is 6.61 Å². The van der Waals surface area contributed by atoms with Gasteiger partial charge in [0, 0.05) is 30.6 Å². The van der Waals surface area contributed by atoms with E-state index in [2.05, 4.69) is 29.0 Å². The van der Waals surface area contributed by atoms with Crippen LogP contribution in [0.15, 0.2) is 36.7 Å². The molecule has 154 valence electrons. The van der Waals surface area contributed by atoms with Crippen molar-refractivity contribution < 1.29 is 9.13 Å². The molecule has 0 N–H and O–H groups in total. The van der Waals surface area contributed by atoms with E-state index >= 15 is 0 Å². The molecule has 1 saturated heterocycles. The lowest BCUT2D eigenvalue weighted by atomic mass is 9.83. The molecule has 1 spiro atoms. The van der Waals surface area contributed by atoms with E-state index < -0.39 is 5.95 Å². The number of nitrogens with zero attached hydrogens (tertiary/aromatic N) is 3. The highest BCUT2D eigenvalue weighted by Gasteiger charge is 2.40. The second-order valence-electron chi connectivity index (χ2n) is 8.08. The van der Waals surface area contributed by atoms with Gasteiger partial charge in [0.15, 0.2) is 0 Å². The lowest BCUT2D eigenvalue weighted by Gasteiger charge is -2.38. The van der Waals surface area contributed by atoms with Crippen molar-refractivity contribution in [2.24, 2.45) is 0 Å². The highest BCUT2D eigenvalue weighted by Crippen LogP contribution is 2.44. The normalized spacial score (nSPS) is 20.0. The highest BCUT2D eigenvalue weighted by molar-refractivity contribution is 5.30. The summed E-state index contributed by atoms with van der Waals surface area (Å²) in [6.07, 6.45) is 13.9. The van der Waals surface area contributed by atoms with Crippen molar-refractivity contribution >= 4 is 0 Å². The topological polar surface area (TPSA) is 58.8 Å². The minimum absolute atomic E-state index is 0.0357. The van der Waals surface area contributed by atoms with Gasteiger partial charge in [0.1, 0.15) is 11.6 Å². The molecule has 4 rings (SSSR count). The van der Waals surface area contributed by atoms with Gasteiger partial charge in [-0.2, -0.15) is 9.65 Å². The highest BCUT2D eigenvalue weighted by atomic mass is 19.1. The number of rotatable bonds is 4. The minimum Gasteiger partial charge on any atom is -0.375 e. The molecule has 2 fully saturated rings. The predicted octanol–water partition coefficient (Wildman–Crippen LogP) is 5.72. The first-order valence-electron chi connectivity index (χ1n) is 10.8. The molecule has 29 heavy (non-hydrogen) atoms. The summed E-state index contributed by atoms with van der Waals surface area (Å²) >= 11 is 0. The van der Waals surface area contributed by atoms with Crippen LogP contribution in [0, 0.1) is 17.3 Å². The van der Waals surface area contributed by atoms with Crippen LogP contribution in [0.5, 0.6) is 0 Å². The van der Waals surface area contributed by atoms with E-state index in [1.165, 1.54) is 44.0 Å². The molecule has 1 aliphatic heterocycles. The molecule has 2 aliphatic rings. The molecule has 0 unspecified atom stereocenters. The number of unbranched alkanes of at least 4 members (excludes halogenated alkanes) is 1. The molecule has 1 atom stereocenters. The van der Waals surface area contributed by atoms with Crippen molar-refractivity contribution in [1.29, 1.82) is 5.26 Å². The molecule has 2 aromatic rings. The summed E-state index contributed by atoms with van der Waals surface area (Å²) in [5.74, 6) is -0.0594. The van der Waals surface area contributed by atoms with E-state index in [4.69, 9.17) is 10.00 Å². The van der Waals surface area contributed by atoms with Crippen LogP contribution in [0.1, 0.15) is 81.0 Å². The van der Waals surface area contributed by atoms with Gasteiger partial charge in [0.05, 0.1) is 5.60 Å². The van der Waals surface area contributed by atoms with Crippen molar-refractivity contribution in [3.05, 3.63) is 59.4 Å². The summed E-state index contributed by atoms with van der Waals surface area (Å²) in [5.41, 5.74) is 2.44. The maximum atomic E-state index is 12.8. The van der Waals surface area contributed by atoms with Gasteiger partial charge in [0.2, 0.25) is 5.95 Å². The number of halogens is 1. The summed E-state index contributed by atoms with van der Waals surface area (Å²) in [4.78, 5) is 8.02. The van der Waals surface area contributed by atoms with Gasteiger partial charge < -0.3 is 4.74 Å². The molecule has 1 aliphatic carbocycles. The van der Waals surface area contributed by atoms with Crippen LogP contribution in [-0.4, -0.2) is 22.2 Å². The van der Waals surface area contributed by atoms with Gasteiger partial charge in [-0.3, -0.25) is 4.98 Å². The number of hydrogen-bond acceptors (Lipinski definition) is 4. The Morgan fingerprint density at radius 1 is 1.28 bits per heavy atom. The third-order valence-corrected chi connectivity index (χ3v) is 5.95. The first-order valence-corrected chi connectivity index (χ1v) is 10.8. The fourth-order valence-corrected chi connectivity index (χ4v) is 4.35. The summed E-state index contributed by atoms with van der Waals surface area (Å²) in [6, 6.07) is 9.60. The molecule has 1 saturated carbocycles.